The van der Waals surface area contributed by atoms with Crippen molar-refractivity contribution >= 4 is 0 Å². The van der Waals surface area contributed by atoms with Gasteiger partial charge in [0, 0.05) is 12.5 Å². The van der Waals surface area contributed by atoms with Gasteiger partial charge in [0.05, 0.1) is 7.11 Å². The van der Waals surface area contributed by atoms with Gasteiger partial charge in [-0.25, -0.2) is 4.39 Å². The van der Waals surface area contributed by atoms with E-state index in [1.807, 2.05) is 0 Å². The normalized spacial score (nSPS) is 11.5. The van der Waals surface area contributed by atoms with Crippen LogP contribution < -0.4 is 16.0 Å². The molecule has 0 saturated heterocycles. The molecule has 0 heterocycles. The first-order chi connectivity index (χ1) is 8.22. The van der Waals surface area contributed by atoms with E-state index in [4.69, 9.17) is 10.6 Å². The predicted molar refractivity (Wildman–Crippen MR) is 65.7 cm³/mol. The van der Waals surface area contributed by atoms with Crippen LogP contribution in [0.3, 0.4) is 0 Å². The SMILES string of the molecule is CC#CCCC(NN)c1ccc(F)c(OC)c1. The van der Waals surface area contributed by atoms with E-state index in [1.165, 1.54) is 13.2 Å². The summed E-state index contributed by atoms with van der Waals surface area (Å²) < 4.78 is 18.2. The molecule has 0 aliphatic carbocycles. The molecule has 92 valence electrons. The number of nitrogens with two attached hydrogens (primary N) is 1. The fourth-order valence-electron chi connectivity index (χ4n) is 1.58. The zero-order valence-corrected chi connectivity index (χ0v) is 10.1. The van der Waals surface area contributed by atoms with Gasteiger partial charge in [0.25, 0.3) is 0 Å². The van der Waals surface area contributed by atoms with Crippen LogP contribution >= 0.6 is 0 Å². The van der Waals surface area contributed by atoms with Gasteiger partial charge in [-0.3, -0.25) is 11.3 Å². The highest BCUT2D eigenvalue weighted by Gasteiger charge is 2.11. The van der Waals surface area contributed by atoms with Gasteiger partial charge in [-0.1, -0.05) is 6.07 Å². The van der Waals surface area contributed by atoms with Crippen LogP contribution in [0.25, 0.3) is 0 Å². The fraction of sp³-hybridized carbons (Fsp3) is 0.385. The van der Waals surface area contributed by atoms with Crippen LogP contribution in [0.4, 0.5) is 4.39 Å². The number of halogens is 1. The number of nitrogens with one attached hydrogen (secondary N) is 1. The highest BCUT2D eigenvalue weighted by atomic mass is 19.1. The molecular formula is C13H17FN2O. The Kier molecular flexibility index (Phi) is 5.47. The van der Waals surface area contributed by atoms with Gasteiger partial charge >= 0.3 is 0 Å². The topological polar surface area (TPSA) is 47.3 Å². The van der Waals surface area contributed by atoms with Crippen LogP contribution in [0.1, 0.15) is 31.4 Å². The predicted octanol–water partition coefficient (Wildman–Crippen LogP) is 2.14. The zero-order chi connectivity index (χ0) is 12.7. The minimum Gasteiger partial charge on any atom is -0.494 e. The third-order valence-corrected chi connectivity index (χ3v) is 2.51. The van der Waals surface area contributed by atoms with E-state index in [0.717, 1.165) is 18.4 Å². The fourth-order valence-corrected chi connectivity index (χ4v) is 1.58. The van der Waals surface area contributed by atoms with E-state index in [1.54, 1.807) is 19.1 Å². The quantitative estimate of drug-likeness (QED) is 0.468. The van der Waals surface area contributed by atoms with E-state index in [-0.39, 0.29) is 17.6 Å². The zero-order valence-electron chi connectivity index (χ0n) is 10.1. The number of hydrogen-bond acceptors (Lipinski definition) is 3. The maximum atomic E-state index is 13.2. The highest BCUT2D eigenvalue weighted by molar-refractivity contribution is 5.32. The van der Waals surface area contributed by atoms with Gasteiger partial charge in [0.2, 0.25) is 0 Å². The van der Waals surface area contributed by atoms with Crippen LogP contribution in [-0.4, -0.2) is 7.11 Å². The number of hydrogen-bond donors (Lipinski definition) is 2. The second-order valence-electron chi connectivity index (χ2n) is 3.58. The minimum absolute atomic E-state index is 0.0506. The van der Waals surface area contributed by atoms with E-state index >= 15 is 0 Å². The van der Waals surface area contributed by atoms with Crippen LogP contribution in [0.15, 0.2) is 18.2 Å². The third kappa shape index (κ3) is 3.74. The van der Waals surface area contributed by atoms with Crippen molar-refractivity contribution in [3.63, 3.8) is 0 Å². The molecule has 1 aromatic rings. The lowest BCUT2D eigenvalue weighted by Crippen LogP contribution is -2.27. The lowest BCUT2D eigenvalue weighted by atomic mass is 10.0. The molecule has 0 radical (unpaired) electrons. The maximum absolute atomic E-state index is 13.2. The smallest absolute Gasteiger partial charge is 0.165 e. The summed E-state index contributed by atoms with van der Waals surface area (Å²) in [6.07, 6.45) is 1.51. The molecule has 1 unspecified atom stereocenters. The second kappa shape index (κ2) is 6.89. The van der Waals surface area contributed by atoms with Crippen LogP contribution in [0.5, 0.6) is 5.75 Å². The van der Waals surface area contributed by atoms with Crippen molar-refractivity contribution in [2.75, 3.05) is 7.11 Å². The average Bonchev–Trinajstić information content (AvgIpc) is 2.36. The molecule has 0 amide bonds. The summed E-state index contributed by atoms with van der Waals surface area (Å²) in [5.74, 6) is 11.1. The molecule has 0 bridgehead atoms. The molecule has 0 aromatic heterocycles. The number of methoxy groups -OCH3 is 1. The van der Waals surface area contributed by atoms with E-state index < -0.39 is 0 Å². The molecule has 0 aliphatic rings. The van der Waals surface area contributed by atoms with Crippen molar-refractivity contribution in [1.29, 1.82) is 0 Å². The largest absolute Gasteiger partial charge is 0.494 e. The Morgan fingerprint density at radius 3 is 2.88 bits per heavy atom. The van der Waals surface area contributed by atoms with E-state index in [9.17, 15) is 4.39 Å². The molecule has 0 fully saturated rings. The Hall–Kier alpha value is -1.57. The minimum atomic E-state index is -0.375. The Morgan fingerprint density at radius 1 is 1.53 bits per heavy atom. The lowest BCUT2D eigenvalue weighted by Gasteiger charge is -2.16. The van der Waals surface area contributed by atoms with Crippen molar-refractivity contribution < 1.29 is 9.13 Å². The van der Waals surface area contributed by atoms with Crippen molar-refractivity contribution in [3.05, 3.63) is 29.6 Å². The van der Waals surface area contributed by atoms with Crippen molar-refractivity contribution in [2.24, 2.45) is 5.84 Å². The maximum Gasteiger partial charge on any atom is 0.165 e. The first kappa shape index (κ1) is 13.5. The molecular weight excluding hydrogens is 219 g/mol. The van der Waals surface area contributed by atoms with Crippen LogP contribution in [-0.2, 0) is 0 Å². The summed E-state index contributed by atoms with van der Waals surface area (Å²) in [4.78, 5) is 0. The molecule has 1 rings (SSSR count). The molecule has 0 spiro atoms. The molecule has 17 heavy (non-hydrogen) atoms. The Labute approximate surface area is 101 Å². The average molecular weight is 236 g/mol. The Balaban J connectivity index is 2.83. The molecule has 4 heteroatoms. The second-order valence-corrected chi connectivity index (χ2v) is 3.58. The van der Waals surface area contributed by atoms with Gasteiger partial charge in [-0.15, -0.1) is 11.8 Å². The van der Waals surface area contributed by atoms with Crippen molar-refractivity contribution in [1.82, 2.24) is 5.43 Å². The molecule has 3 nitrogen and oxygen atoms in total. The summed E-state index contributed by atoms with van der Waals surface area (Å²) in [6, 6.07) is 4.68. The summed E-state index contributed by atoms with van der Waals surface area (Å²) in [5, 5.41) is 0. The molecule has 1 atom stereocenters. The molecule has 3 N–H and O–H groups in total. The summed E-state index contributed by atoms with van der Waals surface area (Å²) in [5.41, 5.74) is 3.59. The highest BCUT2D eigenvalue weighted by Crippen LogP contribution is 2.24. The summed E-state index contributed by atoms with van der Waals surface area (Å²) in [6.45, 7) is 1.80. The van der Waals surface area contributed by atoms with Gasteiger partial charge in [-0.05, 0) is 31.0 Å². The summed E-state index contributed by atoms with van der Waals surface area (Å²) in [7, 11) is 1.44. The number of hydrazine groups is 1. The van der Waals surface area contributed by atoms with E-state index in [0.29, 0.717) is 0 Å². The monoisotopic (exact) mass is 236 g/mol. The summed E-state index contributed by atoms with van der Waals surface area (Å²) >= 11 is 0. The van der Waals surface area contributed by atoms with Gasteiger partial charge < -0.3 is 4.74 Å². The first-order valence-electron chi connectivity index (χ1n) is 5.42. The number of rotatable bonds is 5. The number of benzene rings is 1. The Bertz CT molecular complexity index is 423. The van der Waals surface area contributed by atoms with E-state index in [2.05, 4.69) is 17.3 Å². The molecule has 0 aliphatic heterocycles. The standard InChI is InChI=1S/C13H17FN2O/c1-3-4-5-6-12(16-15)10-7-8-11(14)13(9-10)17-2/h7-9,12,16H,5-6,15H2,1-2H3. The van der Waals surface area contributed by atoms with Gasteiger partial charge in [0.15, 0.2) is 11.6 Å². The lowest BCUT2D eigenvalue weighted by molar-refractivity contribution is 0.384. The first-order valence-corrected chi connectivity index (χ1v) is 5.42. The number of ether oxygens (including phenoxy) is 1. The molecule has 1 aromatic carbocycles. The van der Waals surface area contributed by atoms with Crippen LogP contribution in [0.2, 0.25) is 0 Å². The molecule has 0 saturated carbocycles. The van der Waals surface area contributed by atoms with Gasteiger partial charge in [0.1, 0.15) is 0 Å². The van der Waals surface area contributed by atoms with Crippen molar-refractivity contribution in [2.45, 2.75) is 25.8 Å². The third-order valence-electron chi connectivity index (χ3n) is 2.51. The Morgan fingerprint density at radius 2 is 2.29 bits per heavy atom. The van der Waals surface area contributed by atoms with Gasteiger partial charge in [-0.2, -0.15) is 0 Å². The van der Waals surface area contributed by atoms with Crippen molar-refractivity contribution in [3.8, 4) is 17.6 Å². The van der Waals surface area contributed by atoms with Crippen LogP contribution in [0, 0.1) is 17.7 Å².